The molecule has 0 amide bonds. The molecule has 0 saturated heterocycles. The van der Waals surface area contributed by atoms with Gasteiger partial charge in [-0.25, -0.2) is 0 Å². The first-order chi connectivity index (χ1) is 4.84. The van der Waals surface area contributed by atoms with Gasteiger partial charge >= 0.3 is 18.9 Å². The second-order valence-corrected chi connectivity index (χ2v) is 3.78. The van der Waals surface area contributed by atoms with Crippen molar-refractivity contribution >= 4 is 18.9 Å². The molecular formula is C10H21Li. The minimum atomic E-state index is 0. The Balaban J connectivity index is 0.000001000. The van der Waals surface area contributed by atoms with Gasteiger partial charge in [-0.15, -0.1) is 0 Å². The molecule has 0 nitrogen and oxygen atoms in total. The Bertz CT molecular complexity index is 84.9. The summed E-state index contributed by atoms with van der Waals surface area (Å²) >= 11 is 0. The van der Waals surface area contributed by atoms with Crippen molar-refractivity contribution in [1.82, 2.24) is 0 Å². The van der Waals surface area contributed by atoms with Crippen LogP contribution in [-0.4, -0.2) is 18.9 Å². The number of hydrogen-bond acceptors (Lipinski definition) is 0. The van der Waals surface area contributed by atoms with Crippen molar-refractivity contribution in [1.29, 1.82) is 0 Å². The van der Waals surface area contributed by atoms with E-state index in [0.717, 1.165) is 11.8 Å². The fourth-order valence-electron chi connectivity index (χ4n) is 2.04. The molecule has 0 radical (unpaired) electrons. The molecule has 1 unspecified atom stereocenters. The van der Waals surface area contributed by atoms with Crippen LogP contribution in [0.5, 0.6) is 0 Å². The van der Waals surface area contributed by atoms with Crippen molar-refractivity contribution in [2.45, 2.75) is 52.4 Å². The van der Waals surface area contributed by atoms with Crippen molar-refractivity contribution in [3.63, 3.8) is 0 Å². The molecule has 11 heavy (non-hydrogen) atoms. The van der Waals surface area contributed by atoms with Gasteiger partial charge in [-0.1, -0.05) is 52.4 Å². The average Bonchev–Trinajstić information content (AvgIpc) is 2.05. The Kier molecular flexibility index (Phi) is 6.49. The third-order valence-electron chi connectivity index (χ3n) is 3.10. The van der Waals surface area contributed by atoms with Crippen molar-refractivity contribution in [2.24, 2.45) is 11.8 Å². The molecule has 0 N–H and O–H groups in total. The quantitative estimate of drug-likeness (QED) is 0.528. The van der Waals surface area contributed by atoms with Crippen LogP contribution in [0.3, 0.4) is 0 Å². The number of rotatable bonds is 2. The van der Waals surface area contributed by atoms with Crippen molar-refractivity contribution in [2.75, 3.05) is 0 Å². The van der Waals surface area contributed by atoms with Crippen LogP contribution in [0.15, 0.2) is 0 Å². The van der Waals surface area contributed by atoms with Crippen LogP contribution >= 0.6 is 0 Å². The van der Waals surface area contributed by atoms with Crippen molar-refractivity contribution in [3.8, 4) is 0 Å². The summed E-state index contributed by atoms with van der Waals surface area (Å²) in [4.78, 5) is 0. The predicted molar refractivity (Wildman–Crippen MR) is 53.2 cm³/mol. The van der Waals surface area contributed by atoms with E-state index in [1.54, 1.807) is 0 Å². The Morgan fingerprint density at radius 3 is 2.18 bits per heavy atom. The molecule has 1 rings (SSSR count). The van der Waals surface area contributed by atoms with Gasteiger partial charge in [0.2, 0.25) is 0 Å². The van der Waals surface area contributed by atoms with E-state index in [2.05, 4.69) is 13.8 Å². The van der Waals surface area contributed by atoms with Gasteiger partial charge in [-0.2, -0.15) is 0 Å². The van der Waals surface area contributed by atoms with E-state index in [1.165, 1.54) is 38.5 Å². The topological polar surface area (TPSA) is 0 Å². The van der Waals surface area contributed by atoms with Gasteiger partial charge in [-0.3, -0.25) is 0 Å². The number of hydrogen-bond donors (Lipinski definition) is 0. The molecule has 1 heteroatoms. The van der Waals surface area contributed by atoms with Gasteiger partial charge in [-0.05, 0) is 11.8 Å². The molecule has 1 aliphatic carbocycles. The first-order valence-corrected chi connectivity index (χ1v) is 4.84. The van der Waals surface area contributed by atoms with E-state index >= 15 is 0 Å². The molecule has 62 valence electrons. The van der Waals surface area contributed by atoms with Crippen LogP contribution in [0.4, 0.5) is 0 Å². The monoisotopic (exact) mass is 148 g/mol. The molecule has 0 aromatic carbocycles. The van der Waals surface area contributed by atoms with E-state index < -0.39 is 0 Å². The van der Waals surface area contributed by atoms with Gasteiger partial charge in [0.05, 0.1) is 0 Å². The summed E-state index contributed by atoms with van der Waals surface area (Å²) in [5.41, 5.74) is 0. The third-order valence-corrected chi connectivity index (χ3v) is 3.10. The molecule has 0 aromatic rings. The zero-order valence-electron chi connectivity index (χ0n) is 7.40. The average molecular weight is 148 g/mol. The van der Waals surface area contributed by atoms with Gasteiger partial charge in [0.1, 0.15) is 0 Å². The van der Waals surface area contributed by atoms with Gasteiger partial charge in [0.25, 0.3) is 0 Å². The Hall–Kier alpha value is 0.597. The van der Waals surface area contributed by atoms with Gasteiger partial charge in [0, 0.05) is 0 Å². The van der Waals surface area contributed by atoms with Crippen LogP contribution in [0, 0.1) is 11.8 Å². The molecule has 1 fully saturated rings. The van der Waals surface area contributed by atoms with E-state index in [0.29, 0.717) is 0 Å². The molecule has 0 spiro atoms. The molecule has 1 aliphatic rings. The fourth-order valence-corrected chi connectivity index (χ4v) is 2.04. The summed E-state index contributed by atoms with van der Waals surface area (Å²) in [7, 11) is 0. The van der Waals surface area contributed by atoms with E-state index in [-0.39, 0.29) is 18.9 Å². The minimum absolute atomic E-state index is 0. The SMILES string of the molecule is CCC(C)C1CCCCC1.[LiH]. The molecule has 1 saturated carbocycles. The molecule has 0 aliphatic heterocycles. The first kappa shape index (κ1) is 11.6. The van der Waals surface area contributed by atoms with Gasteiger partial charge < -0.3 is 0 Å². The van der Waals surface area contributed by atoms with Crippen molar-refractivity contribution < 1.29 is 0 Å². The van der Waals surface area contributed by atoms with E-state index in [4.69, 9.17) is 0 Å². The predicted octanol–water partition coefficient (Wildman–Crippen LogP) is 2.96. The molecule has 1 atom stereocenters. The summed E-state index contributed by atoms with van der Waals surface area (Å²) in [5.74, 6) is 2.05. The van der Waals surface area contributed by atoms with Gasteiger partial charge in [0.15, 0.2) is 0 Å². The Morgan fingerprint density at radius 2 is 1.73 bits per heavy atom. The summed E-state index contributed by atoms with van der Waals surface area (Å²) in [6.45, 7) is 4.73. The molecule has 0 bridgehead atoms. The van der Waals surface area contributed by atoms with Crippen LogP contribution in [-0.2, 0) is 0 Å². The maximum atomic E-state index is 2.41. The zero-order valence-corrected chi connectivity index (χ0v) is 7.40. The van der Waals surface area contributed by atoms with Crippen LogP contribution in [0.1, 0.15) is 52.4 Å². The molecular weight excluding hydrogens is 127 g/mol. The van der Waals surface area contributed by atoms with E-state index in [9.17, 15) is 0 Å². The Labute approximate surface area is 83.3 Å². The summed E-state index contributed by atoms with van der Waals surface area (Å²) in [6, 6.07) is 0. The maximum absolute atomic E-state index is 2.41. The van der Waals surface area contributed by atoms with Crippen LogP contribution in [0.25, 0.3) is 0 Å². The van der Waals surface area contributed by atoms with Crippen molar-refractivity contribution in [3.05, 3.63) is 0 Å². The molecule has 0 heterocycles. The fraction of sp³-hybridized carbons (Fsp3) is 1.00. The second-order valence-electron chi connectivity index (χ2n) is 3.78. The molecule has 0 aromatic heterocycles. The zero-order chi connectivity index (χ0) is 7.40. The second kappa shape index (κ2) is 6.15. The van der Waals surface area contributed by atoms with E-state index in [1.807, 2.05) is 0 Å². The Morgan fingerprint density at radius 1 is 1.18 bits per heavy atom. The first-order valence-electron chi connectivity index (χ1n) is 4.84. The van der Waals surface area contributed by atoms with Crippen LogP contribution in [0.2, 0.25) is 0 Å². The third kappa shape index (κ3) is 3.68. The standard InChI is InChI=1S/C10H20.Li.H/c1-3-9(2)10-7-5-4-6-8-10;;/h9-10H,3-8H2,1-2H3;;. The summed E-state index contributed by atoms with van der Waals surface area (Å²) in [5, 5.41) is 0. The normalized spacial score (nSPS) is 22.4. The summed E-state index contributed by atoms with van der Waals surface area (Å²) < 4.78 is 0. The van der Waals surface area contributed by atoms with Crippen LogP contribution < -0.4 is 0 Å². The summed E-state index contributed by atoms with van der Waals surface area (Å²) in [6.07, 6.45) is 8.88.